The van der Waals surface area contributed by atoms with Crippen molar-refractivity contribution in [3.8, 4) is 11.5 Å². The summed E-state index contributed by atoms with van der Waals surface area (Å²) in [6.45, 7) is 11.1. The van der Waals surface area contributed by atoms with Crippen molar-refractivity contribution in [1.82, 2.24) is 10.2 Å². The highest BCUT2D eigenvalue weighted by molar-refractivity contribution is 5.40. The third kappa shape index (κ3) is 5.21. The van der Waals surface area contributed by atoms with Gasteiger partial charge in [-0.3, -0.25) is 4.90 Å². The minimum atomic E-state index is 0.754. The summed E-state index contributed by atoms with van der Waals surface area (Å²) < 4.78 is 11.6. The van der Waals surface area contributed by atoms with Crippen molar-refractivity contribution in [3.05, 3.63) is 23.8 Å². The average molecular weight is 292 g/mol. The maximum atomic E-state index is 5.93. The Kier molecular flexibility index (Phi) is 6.83. The van der Waals surface area contributed by atoms with Crippen LogP contribution in [-0.2, 0) is 6.54 Å². The molecule has 0 saturated carbocycles. The standard InChI is InChI=1S/C17H28N2O2/c1-3-11-20-16-6-5-15(17(13-16)21-12-4-2)14-19-9-7-18-8-10-19/h5-6,13,18H,3-4,7-12,14H2,1-2H3. The lowest BCUT2D eigenvalue weighted by Gasteiger charge is -2.28. The third-order valence-electron chi connectivity index (χ3n) is 3.58. The Hall–Kier alpha value is -1.26. The van der Waals surface area contributed by atoms with E-state index in [1.54, 1.807) is 0 Å². The first-order valence-electron chi connectivity index (χ1n) is 8.15. The van der Waals surface area contributed by atoms with Gasteiger partial charge in [-0.15, -0.1) is 0 Å². The maximum absolute atomic E-state index is 5.93. The molecule has 118 valence electrons. The highest BCUT2D eigenvalue weighted by Gasteiger charge is 2.13. The molecule has 1 aliphatic heterocycles. The summed E-state index contributed by atoms with van der Waals surface area (Å²) in [6, 6.07) is 6.26. The fraction of sp³-hybridized carbons (Fsp3) is 0.647. The van der Waals surface area contributed by atoms with Gasteiger partial charge in [0.25, 0.3) is 0 Å². The molecule has 0 radical (unpaired) electrons. The first kappa shape index (κ1) is 16.1. The number of rotatable bonds is 8. The molecule has 2 rings (SSSR count). The normalized spacial score (nSPS) is 15.9. The van der Waals surface area contributed by atoms with Crippen LogP contribution in [0.25, 0.3) is 0 Å². The van der Waals surface area contributed by atoms with Crippen LogP contribution in [0.5, 0.6) is 11.5 Å². The summed E-state index contributed by atoms with van der Waals surface area (Å²) in [6.07, 6.45) is 2.04. The Morgan fingerprint density at radius 1 is 1.05 bits per heavy atom. The molecule has 1 aromatic carbocycles. The molecule has 1 N–H and O–H groups in total. The molecule has 0 spiro atoms. The van der Waals surface area contributed by atoms with E-state index in [0.717, 1.165) is 70.3 Å². The van der Waals surface area contributed by atoms with Crippen LogP contribution in [0.1, 0.15) is 32.3 Å². The van der Waals surface area contributed by atoms with Crippen molar-refractivity contribution in [2.24, 2.45) is 0 Å². The van der Waals surface area contributed by atoms with E-state index >= 15 is 0 Å². The van der Waals surface area contributed by atoms with Gasteiger partial charge in [-0.2, -0.15) is 0 Å². The van der Waals surface area contributed by atoms with Crippen LogP contribution >= 0.6 is 0 Å². The highest BCUT2D eigenvalue weighted by Crippen LogP contribution is 2.26. The SMILES string of the molecule is CCCOc1ccc(CN2CCNCC2)c(OCCC)c1. The van der Waals surface area contributed by atoms with Crippen LogP contribution in [0.4, 0.5) is 0 Å². The minimum absolute atomic E-state index is 0.754. The molecular formula is C17H28N2O2. The van der Waals surface area contributed by atoms with Gasteiger partial charge in [0.05, 0.1) is 13.2 Å². The van der Waals surface area contributed by atoms with E-state index in [1.165, 1.54) is 5.56 Å². The Balaban J connectivity index is 2.05. The molecule has 1 saturated heterocycles. The molecular weight excluding hydrogens is 264 g/mol. The van der Waals surface area contributed by atoms with Crippen molar-refractivity contribution in [2.45, 2.75) is 33.2 Å². The monoisotopic (exact) mass is 292 g/mol. The van der Waals surface area contributed by atoms with Gasteiger partial charge in [0.1, 0.15) is 11.5 Å². The zero-order valence-corrected chi connectivity index (χ0v) is 13.4. The van der Waals surface area contributed by atoms with Crippen LogP contribution in [0.15, 0.2) is 18.2 Å². The highest BCUT2D eigenvalue weighted by atomic mass is 16.5. The molecule has 1 fully saturated rings. The van der Waals surface area contributed by atoms with E-state index in [0.29, 0.717) is 0 Å². The molecule has 0 unspecified atom stereocenters. The fourth-order valence-electron chi connectivity index (χ4n) is 2.43. The number of nitrogens with zero attached hydrogens (tertiary/aromatic N) is 1. The van der Waals surface area contributed by atoms with E-state index in [-0.39, 0.29) is 0 Å². The van der Waals surface area contributed by atoms with Gasteiger partial charge in [-0.1, -0.05) is 19.9 Å². The van der Waals surface area contributed by atoms with Gasteiger partial charge in [0, 0.05) is 44.4 Å². The van der Waals surface area contributed by atoms with Gasteiger partial charge < -0.3 is 14.8 Å². The molecule has 4 nitrogen and oxygen atoms in total. The topological polar surface area (TPSA) is 33.7 Å². The third-order valence-corrected chi connectivity index (χ3v) is 3.58. The number of ether oxygens (including phenoxy) is 2. The first-order chi connectivity index (χ1) is 10.3. The zero-order chi connectivity index (χ0) is 14.9. The minimum Gasteiger partial charge on any atom is -0.493 e. The van der Waals surface area contributed by atoms with Crippen molar-refractivity contribution < 1.29 is 9.47 Å². The Labute approximate surface area is 128 Å². The number of hydrogen-bond acceptors (Lipinski definition) is 4. The van der Waals surface area contributed by atoms with Crippen LogP contribution < -0.4 is 14.8 Å². The van der Waals surface area contributed by atoms with Gasteiger partial charge in [0.2, 0.25) is 0 Å². The molecule has 0 bridgehead atoms. The maximum Gasteiger partial charge on any atom is 0.127 e. The average Bonchev–Trinajstić information content (AvgIpc) is 2.53. The summed E-state index contributed by atoms with van der Waals surface area (Å²) >= 11 is 0. The lowest BCUT2D eigenvalue weighted by molar-refractivity contribution is 0.227. The molecule has 4 heteroatoms. The molecule has 0 aliphatic carbocycles. The molecule has 0 atom stereocenters. The summed E-state index contributed by atoms with van der Waals surface area (Å²) in [5, 5.41) is 3.39. The smallest absolute Gasteiger partial charge is 0.127 e. The first-order valence-corrected chi connectivity index (χ1v) is 8.15. The second kappa shape index (κ2) is 8.90. The van der Waals surface area contributed by atoms with Crippen molar-refractivity contribution in [3.63, 3.8) is 0 Å². The second-order valence-electron chi connectivity index (χ2n) is 5.49. The summed E-state index contributed by atoms with van der Waals surface area (Å²) in [7, 11) is 0. The lowest BCUT2D eigenvalue weighted by Crippen LogP contribution is -2.42. The number of piperazine rings is 1. The van der Waals surface area contributed by atoms with Gasteiger partial charge >= 0.3 is 0 Å². The van der Waals surface area contributed by atoms with Crippen molar-refractivity contribution >= 4 is 0 Å². The van der Waals surface area contributed by atoms with Gasteiger partial charge in [-0.05, 0) is 18.9 Å². The summed E-state index contributed by atoms with van der Waals surface area (Å²) in [5.41, 5.74) is 1.26. The van der Waals surface area contributed by atoms with Crippen molar-refractivity contribution in [2.75, 3.05) is 39.4 Å². The zero-order valence-electron chi connectivity index (χ0n) is 13.4. The number of hydrogen-bond donors (Lipinski definition) is 1. The van der Waals surface area contributed by atoms with Crippen LogP contribution in [0.3, 0.4) is 0 Å². The molecule has 0 aromatic heterocycles. The van der Waals surface area contributed by atoms with E-state index in [2.05, 4.69) is 36.2 Å². The Morgan fingerprint density at radius 3 is 2.48 bits per heavy atom. The number of benzene rings is 1. The largest absolute Gasteiger partial charge is 0.493 e. The summed E-state index contributed by atoms with van der Waals surface area (Å²) in [5.74, 6) is 1.89. The Bertz CT molecular complexity index is 417. The number of nitrogens with one attached hydrogen (secondary N) is 1. The van der Waals surface area contributed by atoms with Crippen LogP contribution in [0.2, 0.25) is 0 Å². The van der Waals surface area contributed by atoms with Crippen LogP contribution in [0, 0.1) is 0 Å². The molecule has 0 amide bonds. The predicted molar refractivity (Wildman–Crippen MR) is 86.2 cm³/mol. The fourth-order valence-corrected chi connectivity index (χ4v) is 2.43. The van der Waals surface area contributed by atoms with E-state index in [1.807, 2.05) is 6.07 Å². The van der Waals surface area contributed by atoms with E-state index in [4.69, 9.17) is 9.47 Å². The van der Waals surface area contributed by atoms with Gasteiger partial charge in [0.15, 0.2) is 0 Å². The predicted octanol–water partition coefficient (Wildman–Crippen LogP) is 2.67. The molecule has 21 heavy (non-hydrogen) atoms. The quantitative estimate of drug-likeness (QED) is 0.799. The van der Waals surface area contributed by atoms with E-state index in [9.17, 15) is 0 Å². The summed E-state index contributed by atoms with van der Waals surface area (Å²) in [4.78, 5) is 2.47. The molecule has 1 aromatic rings. The second-order valence-corrected chi connectivity index (χ2v) is 5.49. The molecule has 1 aliphatic rings. The lowest BCUT2D eigenvalue weighted by atomic mass is 10.1. The Morgan fingerprint density at radius 2 is 1.76 bits per heavy atom. The van der Waals surface area contributed by atoms with Crippen molar-refractivity contribution in [1.29, 1.82) is 0 Å². The van der Waals surface area contributed by atoms with Gasteiger partial charge in [-0.25, -0.2) is 0 Å². The molecule has 1 heterocycles. The van der Waals surface area contributed by atoms with E-state index < -0.39 is 0 Å². The van der Waals surface area contributed by atoms with Crippen LogP contribution in [-0.4, -0.2) is 44.3 Å².